The normalized spacial score (nSPS) is 27.9. The van der Waals surface area contributed by atoms with Gasteiger partial charge in [-0.1, -0.05) is 137 Å². The van der Waals surface area contributed by atoms with Crippen molar-refractivity contribution in [3.8, 4) is 0 Å². The van der Waals surface area contributed by atoms with Crippen LogP contribution in [-0.4, -0.2) is 24.5 Å². The fourth-order valence-electron chi connectivity index (χ4n) is 8.14. The molecule has 0 N–H and O–H groups in total. The average Bonchev–Trinajstić information content (AvgIpc) is 3.33. The Morgan fingerprint density at radius 3 is 2.45 bits per heavy atom. The van der Waals surface area contributed by atoms with Gasteiger partial charge in [-0.15, -0.1) is 0 Å². The highest BCUT2D eigenvalue weighted by molar-refractivity contribution is 6.32. The molecular weight excluding hydrogens is 592 g/mol. The number of fused-ring (bicyclic) bond motifs is 3. The van der Waals surface area contributed by atoms with Gasteiger partial charge in [0.15, 0.2) is 0 Å². The third-order valence-electron chi connectivity index (χ3n) is 11.2. The first-order valence-electron chi connectivity index (χ1n) is 17.0. The third kappa shape index (κ3) is 5.55. The van der Waals surface area contributed by atoms with Crippen LogP contribution in [0.2, 0.25) is 0 Å². The summed E-state index contributed by atoms with van der Waals surface area (Å²) in [6.07, 6.45) is 30.4. The largest absolute Gasteiger partial charge is 0.365 e. The van der Waals surface area contributed by atoms with E-state index in [1.165, 1.54) is 50.1 Å². The molecule has 2 aliphatic heterocycles. The topological polar surface area (TPSA) is 6.48 Å². The Bertz CT molecular complexity index is 1900. The molecule has 6 rings (SSSR count). The van der Waals surface area contributed by atoms with Gasteiger partial charge >= 0.3 is 0 Å². The molecule has 0 saturated carbocycles. The Hall–Kier alpha value is -4.01. The van der Waals surface area contributed by atoms with E-state index in [9.17, 15) is 0 Å². The van der Waals surface area contributed by atoms with Crippen molar-refractivity contribution >= 4 is 28.1 Å². The van der Waals surface area contributed by atoms with Crippen LogP contribution in [0.1, 0.15) is 65.9 Å². The molecule has 242 valence electrons. The number of hydrogen-bond donors (Lipinski definition) is 0. The Morgan fingerprint density at radius 1 is 0.872 bits per heavy atom. The highest BCUT2D eigenvalue weighted by atomic mass is 35.5. The second kappa shape index (κ2) is 12.5. The van der Waals surface area contributed by atoms with E-state index >= 15 is 0 Å². The van der Waals surface area contributed by atoms with Crippen LogP contribution in [-0.2, 0) is 5.41 Å². The second-order valence-corrected chi connectivity index (χ2v) is 14.9. The maximum atomic E-state index is 7.14. The Morgan fingerprint density at radius 2 is 1.64 bits per heavy atom. The fourth-order valence-corrected chi connectivity index (χ4v) is 8.46. The molecule has 2 aromatic rings. The van der Waals surface area contributed by atoms with E-state index < -0.39 is 0 Å². The zero-order valence-corrected chi connectivity index (χ0v) is 30.0. The van der Waals surface area contributed by atoms with Crippen LogP contribution >= 0.6 is 11.6 Å². The van der Waals surface area contributed by atoms with E-state index in [0.717, 1.165) is 36.3 Å². The van der Waals surface area contributed by atoms with Gasteiger partial charge in [-0.05, 0) is 89.5 Å². The van der Waals surface area contributed by atoms with Crippen molar-refractivity contribution in [2.24, 2.45) is 5.41 Å². The number of anilines is 1. The smallest absolute Gasteiger partial charge is 0.0648 e. The van der Waals surface area contributed by atoms with Gasteiger partial charge in [0.25, 0.3) is 0 Å². The van der Waals surface area contributed by atoms with Crippen LogP contribution < -0.4 is 4.90 Å². The Kier molecular flexibility index (Phi) is 8.79. The van der Waals surface area contributed by atoms with Crippen molar-refractivity contribution in [2.45, 2.75) is 71.3 Å². The summed E-state index contributed by atoms with van der Waals surface area (Å²) in [5, 5.41) is 3.54. The highest BCUT2D eigenvalue weighted by Gasteiger charge is 2.51. The molecule has 1 unspecified atom stereocenters. The van der Waals surface area contributed by atoms with Crippen LogP contribution in [0.3, 0.4) is 0 Å². The lowest BCUT2D eigenvalue weighted by Gasteiger charge is -2.42. The molecule has 2 aliphatic carbocycles. The standard InChI is InChI=1S/C44H49ClN2/c1-31-19-12-10-9-11-13-25-36-39(31)42(2,3)38(46(36)7)26-17-15-21-33-22-18-23-34(41(33)45)29-30-44(6)43(4,5)40-35-24-16-14-20-32(35)27-28-37(40)47(44)8/h9-10,12-17,19-21,24-30H,1,11,18,22-23H2,2-8H3/b10-9-,17-15+,19-12-,25-13-,30-29+,33-21+,38-26+. The average molecular weight is 641 g/mol. The lowest BCUT2D eigenvalue weighted by molar-refractivity contribution is 0.363. The minimum Gasteiger partial charge on any atom is -0.365 e. The number of allylic oxidation sites excluding steroid dienone is 16. The van der Waals surface area contributed by atoms with Gasteiger partial charge in [-0.3, -0.25) is 0 Å². The van der Waals surface area contributed by atoms with Gasteiger partial charge in [0.1, 0.15) is 0 Å². The minimum atomic E-state index is -0.201. The zero-order chi connectivity index (χ0) is 33.6. The molecule has 4 aliphatic rings. The molecule has 0 saturated heterocycles. The molecule has 2 aromatic carbocycles. The molecule has 0 radical (unpaired) electrons. The minimum absolute atomic E-state index is 0.0909. The predicted molar refractivity (Wildman–Crippen MR) is 205 cm³/mol. The molecule has 1 atom stereocenters. The molecule has 0 spiro atoms. The van der Waals surface area contributed by atoms with E-state index in [1.807, 2.05) is 0 Å². The van der Waals surface area contributed by atoms with E-state index in [2.05, 4.69) is 174 Å². The van der Waals surface area contributed by atoms with Crippen LogP contribution in [0.5, 0.6) is 0 Å². The number of benzene rings is 2. The predicted octanol–water partition coefficient (Wildman–Crippen LogP) is 11.8. The van der Waals surface area contributed by atoms with Gasteiger partial charge in [0, 0.05) is 47.0 Å². The van der Waals surface area contributed by atoms with Crippen LogP contribution in [0.15, 0.2) is 155 Å². The molecule has 0 bridgehead atoms. The van der Waals surface area contributed by atoms with E-state index in [-0.39, 0.29) is 16.4 Å². The van der Waals surface area contributed by atoms with Crippen molar-refractivity contribution in [3.05, 3.63) is 160 Å². The van der Waals surface area contributed by atoms with Gasteiger partial charge in [-0.25, -0.2) is 0 Å². The van der Waals surface area contributed by atoms with Crippen molar-refractivity contribution in [1.29, 1.82) is 0 Å². The van der Waals surface area contributed by atoms with Gasteiger partial charge in [-0.2, -0.15) is 0 Å². The van der Waals surface area contributed by atoms with Gasteiger partial charge < -0.3 is 9.80 Å². The van der Waals surface area contributed by atoms with Crippen LogP contribution in [0, 0.1) is 5.41 Å². The van der Waals surface area contributed by atoms with Crippen molar-refractivity contribution in [3.63, 3.8) is 0 Å². The number of hydrogen-bond acceptors (Lipinski definition) is 2. The third-order valence-corrected chi connectivity index (χ3v) is 11.7. The van der Waals surface area contributed by atoms with Crippen LogP contribution in [0.25, 0.3) is 10.8 Å². The number of rotatable bonds is 4. The molecule has 3 heteroatoms. The summed E-state index contributed by atoms with van der Waals surface area (Å²) in [6.45, 7) is 16.1. The molecule has 2 nitrogen and oxygen atoms in total. The maximum Gasteiger partial charge on any atom is 0.0648 e. The summed E-state index contributed by atoms with van der Waals surface area (Å²) in [7, 11) is 4.39. The SMILES string of the molecule is C=C1/C=C\C=C/C/C=C\C2=C1C(C)(C)\C(=C/C=C/C=C1\CCCC(/C=C/C3(C)N(C)c4ccc5ccccc5c4C3(C)C)=C1Cl)N2C. The number of nitrogens with zero attached hydrogens (tertiary/aromatic N) is 2. The molecule has 0 fully saturated rings. The molecule has 0 amide bonds. The first-order valence-corrected chi connectivity index (χ1v) is 17.4. The number of likely N-dealkylation sites (N-methyl/N-ethyl adjacent to an activating group) is 2. The van der Waals surface area contributed by atoms with E-state index in [4.69, 9.17) is 11.6 Å². The van der Waals surface area contributed by atoms with E-state index in [1.54, 1.807) is 0 Å². The summed E-state index contributed by atoms with van der Waals surface area (Å²) in [5.41, 5.74) is 9.50. The first-order chi connectivity index (χ1) is 22.4. The summed E-state index contributed by atoms with van der Waals surface area (Å²) >= 11 is 7.14. The van der Waals surface area contributed by atoms with Crippen molar-refractivity contribution in [2.75, 3.05) is 19.0 Å². The first kappa shape index (κ1) is 32.9. The highest BCUT2D eigenvalue weighted by Crippen LogP contribution is 2.54. The zero-order valence-electron chi connectivity index (χ0n) is 29.2. The molecular formula is C44H49ClN2. The Balaban J connectivity index is 1.25. The second-order valence-electron chi connectivity index (χ2n) is 14.6. The summed E-state index contributed by atoms with van der Waals surface area (Å²) < 4.78 is 0. The molecule has 0 aromatic heterocycles. The quantitative estimate of drug-likeness (QED) is 0.328. The fraction of sp³-hybridized carbons (Fsp3) is 0.318. The maximum absolute atomic E-state index is 7.14. The van der Waals surface area contributed by atoms with Crippen molar-refractivity contribution < 1.29 is 0 Å². The lowest BCUT2D eigenvalue weighted by atomic mass is 9.70. The monoisotopic (exact) mass is 640 g/mol. The summed E-state index contributed by atoms with van der Waals surface area (Å²) in [5.74, 6) is 0. The summed E-state index contributed by atoms with van der Waals surface area (Å²) in [6, 6.07) is 13.3. The summed E-state index contributed by atoms with van der Waals surface area (Å²) in [4.78, 5) is 4.77. The van der Waals surface area contributed by atoms with Gasteiger partial charge in [0.2, 0.25) is 0 Å². The van der Waals surface area contributed by atoms with Crippen molar-refractivity contribution in [1.82, 2.24) is 4.90 Å². The molecule has 2 heterocycles. The van der Waals surface area contributed by atoms with E-state index in [0.29, 0.717) is 0 Å². The Labute approximate surface area is 287 Å². The number of halogens is 1. The van der Waals surface area contributed by atoms with Gasteiger partial charge in [0.05, 0.1) is 5.54 Å². The molecule has 47 heavy (non-hydrogen) atoms. The van der Waals surface area contributed by atoms with Crippen LogP contribution in [0.4, 0.5) is 5.69 Å². The lowest BCUT2D eigenvalue weighted by Crippen LogP contribution is -2.50.